The standard InChI is InChI=1S/C7H13NO3/c1-8(11-2)7(10)6-3-5(6)4-9/h5-6,9H,3-4H2,1-2H3/t5-,6+/m1/s1. The first-order valence-electron chi connectivity index (χ1n) is 3.63. The molecule has 0 spiro atoms. The van der Waals surface area contributed by atoms with E-state index in [4.69, 9.17) is 9.94 Å². The van der Waals surface area contributed by atoms with Gasteiger partial charge in [0.1, 0.15) is 0 Å². The zero-order valence-electron chi connectivity index (χ0n) is 6.78. The molecule has 1 saturated carbocycles. The number of amides is 1. The van der Waals surface area contributed by atoms with E-state index in [1.807, 2.05) is 0 Å². The molecule has 0 aromatic rings. The van der Waals surface area contributed by atoms with E-state index in [1.54, 1.807) is 7.05 Å². The molecular weight excluding hydrogens is 146 g/mol. The monoisotopic (exact) mass is 159 g/mol. The molecule has 1 aliphatic carbocycles. The third kappa shape index (κ3) is 1.70. The van der Waals surface area contributed by atoms with Gasteiger partial charge in [0.15, 0.2) is 0 Å². The van der Waals surface area contributed by atoms with Crippen LogP contribution in [0.15, 0.2) is 0 Å². The Morgan fingerprint density at radius 3 is 2.82 bits per heavy atom. The Kier molecular flexibility index (Phi) is 2.46. The van der Waals surface area contributed by atoms with Crippen LogP contribution in [0.1, 0.15) is 6.42 Å². The predicted molar refractivity (Wildman–Crippen MR) is 38.5 cm³/mol. The SMILES string of the molecule is CON(C)C(=O)[C@H]1C[C@@H]1CO. The molecule has 0 radical (unpaired) electrons. The summed E-state index contributed by atoms with van der Waals surface area (Å²) in [5.41, 5.74) is 0. The van der Waals surface area contributed by atoms with Gasteiger partial charge in [-0.25, -0.2) is 5.06 Å². The van der Waals surface area contributed by atoms with Crippen LogP contribution in [-0.4, -0.2) is 36.8 Å². The normalized spacial score (nSPS) is 28.3. The lowest BCUT2D eigenvalue weighted by Gasteiger charge is -2.12. The summed E-state index contributed by atoms with van der Waals surface area (Å²) in [7, 11) is 3.03. The first-order chi connectivity index (χ1) is 5.20. The van der Waals surface area contributed by atoms with Gasteiger partial charge in [-0.2, -0.15) is 0 Å². The summed E-state index contributed by atoms with van der Waals surface area (Å²) in [4.78, 5) is 15.9. The molecule has 4 nitrogen and oxygen atoms in total. The van der Waals surface area contributed by atoms with Crippen molar-refractivity contribution in [1.29, 1.82) is 0 Å². The zero-order chi connectivity index (χ0) is 8.43. The van der Waals surface area contributed by atoms with E-state index in [9.17, 15) is 4.79 Å². The molecule has 2 atom stereocenters. The Balaban J connectivity index is 2.33. The molecule has 11 heavy (non-hydrogen) atoms. The molecular formula is C7H13NO3. The van der Waals surface area contributed by atoms with Crippen LogP contribution in [0.2, 0.25) is 0 Å². The van der Waals surface area contributed by atoms with Gasteiger partial charge >= 0.3 is 0 Å². The average molecular weight is 159 g/mol. The summed E-state index contributed by atoms with van der Waals surface area (Å²) in [6.07, 6.45) is 0.795. The van der Waals surface area contributed by atoms with Crippen LogP contribution in [0.25, 0.3) is 0 Å². The van der Waals surface area contributed by atoms with Crippen molar-refractivity contribution in [2.45, 2.75) is 6.42 Å². The summed E-state index contributed by atoms with van der Waals surface area (Å²) in [5.74, 6) is 0.122. The molecule has 0 unspecified atom stereocenters. The largest absolute Gasteiger partial charge is 0.396 e. The second-order valence-corrected chi connectivity index (χ2v) is 2.80. The average Bonchev–Trinajstić information content (AvgIpc) is 2.80. The Morgan fingerprint density at radius 2 is 2.45 bits per heavy atom. The van der Waals surface area contributed by atoms with Gasteiger partial charge in [-0.3, -0.25) is 9.63 Å². The van der Waals surface area contributed by atoms with Crippen molar-refractivity contribution in [3.63, 3.8) is 0 Å². The molecule has 1 amide bonds. The van der Waals surface area contributed by atoms with E-state index >= 15 is 0 Å². The van der Waals surface area contributed by atoms with Crippen molar-refractivity contribution in [3.8, 4) is 0 Å². The number of hydrogen-bond donors (Lipinski definition) is 1. The van der Waals surface area contributed by atoms with E-state index < -0.39 is 0 Å². The molecule has 1 fully saturated rings. The zero-order valence-corrected chi connectivity index (χ0v) is 6.78. The van der Waals surface area contributed by atoms with Gasteiger partial charge in [0.05, 0.1) is 7.11 Å². The number of nitrogens with zero attached hydrogens (tertiary/aromatic N) is 1. The van der Waals surface area contributed by atoms with Gasteiger partial charge in [0.2, 0.25) is 5.91 Å². The van der Waals surface area contributed by atoms with Crippen molar-refractivity contribution < 1.29 is 14.7 Å². The molecule has 4 heteroatoms. The maximum Gasteiger partial charge on any atom is 0.249 e. The van der Waals surface area contributed by atoms with Gasteiger partial charge in [0.25, 0.3) is 0 Å². The van der Waals surface area contributed by atoms with Gasteiger partial charge in [0, 0.05) is 19.6 Å². The first kappa shape index (κ1) is 8.49. The minimum absolute atomic E-state index is 0.00931. The number of aliphatic hydroxyl groups excluding tert-OH is 1. The summed E-state index contributed by atoms with van der Waals surface area (Å²) < 4.78 is 0. The third-order valence-electron chi connectivity index (χ3n) is 2.06. The number of rotatable bonds is 3. The van der Waals surface area contributed by atoms with E-state index in [0.717, 1.165) is 6.42 Å². The van der Waals surface area contributed by atoms with Gasteiger partial charge in [-0.15, -0.1) is 0 Å². The molecule has 1 N–H and O–H groups in total. The smallest absolute Gasteiger partial charge is 0.249 e. The van der Waals surface area contributed by atoms with Crippen LogP contribution in [0.3, 0.4) is 0 Å². The third-order valence-corrected chi connectivity index (χ3v) is 2.06. The van der Waals surface area contributed by atoms with Crippen molar-refractivity contribution in [2.75, 3.05) is 20.8 Å². The molecule has 0 saturated heterocycles. The minimum Gasteiger partial charge on any atom is -0.396 e. The van der Waals surface area contributed by atoms with Crippen LogP contribution in [-0.2, 0) is 9.63 Å². The quantitative estimate of drug-likeness (QED) is 0.572. The van der Waals surface area contributed by atoms with Gasteiger partial charge < -0.3 is 5.11 Å². The molecule has 0 aromatic heterocycles. The molecule has 1 rings (SSSR count). The van der Waals surface area contributed by atoms with Crippen LogP contribution in [0.5, 0.6) is 0 Å². The number of hydrogen-bond acceptors (Lipinski definition) is 3. The number of aliphatic hydroxyl groups is 1. The van der Waals surface area contributed by atoms with Crippen LogP contribution >= 0.6 is 0 Å². The lowest BCUT2D eigenvalue weighted by molar-refractivity contribution is -0.170. The topological polar surface area (TPSA) is 49.8 Å². The Bertz CT molecular complexity index is 160. The highest BCUT2D eigenvalue weighted by Gasteiger charge is 2.43. The first-order valence-corrected chi connectivity index (χ1v) is 3.63. The number of carbonyl (C=O) groups is 1. The highest BCUT2D eigenvalue weighted by molar-refractivity contribution is 5.80. The lowest BCUT2D eigenvalue weighted by atomic mass is 10.3. The summed E-state index contributed by atoms with van der Waals surface area (Å²) in [5, 5.41) is 9.88. The minimum atomic E-state index is -0.0356. The molecule has 0 aliphatic heterocycles. The van der Waals surface area contributed by atoms with Crippen molar-refractivity contribution in [2.24, 2.45) is 11.8 Å². The van der Waals surface area contributed by atoms with E-state index in [-0.39, 0.29) is 24.3 Å². The van der Waals surface area contributed by atoms with Crippen LogP contribution in [0, 0.1) is 11.8 Å². The Hall–Kier alpha value is -0.610. The molecule has 0 bridgehead atoms. The molecule has 64 valence electrons. The van der Waals surface area contributed by atoms with Crippen LogP contribution in [0.4, 0.5) is 0 Å². The van der Waals surface area contributed by atoms with E-state index in [2.05, 4.69) is 0 Å². The Morgan fingerprint density at radius 1 is 1.82 bits per heavy atom. The van der Waals surface area contributed by atoms with Crippen molar-refractivity contribution in [1.82, 2.24) is 5.06 Å². The van der Waals surface area contributed by atoms with Crippen LogP contribution < -0.4 is 0 Å². The second kappa shape index (κ2) is 3.19. The summed E-state index contributed by atoms with van der Waals surface area (Å²) >= 11 is 0. The highest BCUT2D eigenvalue weighted by atomic mass is 16.7. The maximum absolute atomic E-state index is 11.2. The highest BCUT2D eigenvalue weighted by Crippen LogP contribution is 2.38. The van der Waals surface area contributed by atoms with Gasteiger partial charge in [-0.1, -0.05) is 0 Å². The lowest BCUT2D eigenvalue weighted by Crippen LogP contribution is -2.27. The molecule has 0 heterocycles. The van der Waals surface area contributed by atoms with Crippen molar-refractivity contribution in [3.05, 3.63) is 0 Å². The van der Waals surface area contributed by atoms with Gasteiger partial charge in [-0.05, 0) is 12.3 Å². The maximum atomic E-state index is 11.2. The number of carbonyl (C=O) groups excluding carboxylic acids is 1. The summed E-state index contributed by atoms with van der Waals surface area (Å²) in [6.45, 7) is 0.105. The molecule has 0 aromatic carbocycles. The second-order valence-electron chi connectivity index (χ2n) is 2.80. The van der Waals surface area contributed by atoms with E-state index in [0.29, 0.717) is 0 Å². The molecule has 1 aliphatic rings. The van der Waals surface area contributed by atoms with Crippen molar-refractivity contribution >= 4 is 5.91 Å². The Labute approximate surface area is 65.7 Å². The predicted octanol–water partition coefficient (Wildman–Crippen LogP) is -0.365. The summed E-state index contributed by atoms with van der Waals surface area (Å²) in [6, 6.07) is 0. The fourth-order valence-corrected chi connectivity index (χ4v) is 1.08. The number of hydroxylamine groups is 2. The fourth-order valence-electron chi connectivity index (χ4n) is 1.08. The fraction of sp³-hybridized carbons (Fsp3) is 0.857. The van der Waals surface area contributed by atoms with E-state index in [1.165, 1.54) is 12.2 Å².